The summed E-state index contributed by atoms with van der Waals surface area (Å²) in [6.45, 7) is 2.00. The van der Waals surface area contributed by atoms with Crippen LogP contribution in [0.25, 0.3) is 6.08 Å². The van der Waals surface area contributed by atoms with E-state index in [1.54, 1.807) is 19.1 Å². The number of hydrogen-bond donors (Lipinski definition) is 1. The monoisotopic (exact) mass is 349 g/mol. The lowest BCUT2D eigenvalue weighted by molar-refractivity contribution is -0.137. The van der Waals surface area contributed by atoms with E-state index in [1.807, 2.05) is 30.3 Å². The highest BCUT2D eigenvalue weighted by Crippen LogP contribution is 2.30. The zero-order chi connectivity index (χ0) is 18.3. The standard InChI is InChI=1S/C19H18F3NO2/c1-14-12-17(19(20,21)22)10-9-16(14)8-5-11-23-18(24)25-13-15-6-3-2-4-7-15/h2-10,12H,11,13H2,1H3,(H,23,24). The maximum atomic E-state index is 12.6. The van der Waals surface area contributed by atoms with Crippen molar-refractivity contribution < 1.29 is 22.7 Å². The number of halogens is 3. The number of carbonyl (C=O) groups is 1. The van der Waals surface area contributed by atoms with Crippen LogP contribution in [0.2, 0.25) is 0 Å². The molecule has 1 amide bonds. The number of alkyl halides is 3. The zero-order valence-electron chi connectivity index (χ0n) is 13.6. The Bertz CT molecular complexity index is 740. The minimum absolute atomic E-state index is 0.175. The lowest BCUT2D eigenvalue weighted by Gasteiger charge is -2.09. The van der Waals surface area contributed by atoms with Crippen LogP contribution in [0.1, 0.15) is 22.3 Å². The van der Waals surface area contributed by atoms with Gasteiger partial charge in [0.1, 0.15) is 6.61 Å². The quantitative estimate of drug-likeness (QED) is 0.829. The summed E-state index contributed by atoms with van der Waals surface area (Å²) in [6.07, 6.45) is -1.60. The molecule has 0 saturated carbocycles. The fraction of sp³-hybridized carbons (Fsp3) is 0.211. The van der Waals surface area contributed by atoms with Crippen LogP contribution in [0.15, 0.2) is 54.6 Å². The van der Waals surface area contributed by atoms with Crippen LogP contribution in [-0.2, 0) is 17.5 Å². The van der Waals surface area contributed by atoms with Crippen molar-refractivity contribution in [1.82, 2.24) is 5.32 Å². The summed E-state index contributed by atoms with van der Waals surface area (Å²) in [4.78, 5) is 11.6. The molecule has 1 N–H and O–H groups in total. The Morgan fingerprint density at radius 2 is 1.88 bits per heavy atom. The molecule has 0 aliphatic heterocycles. The van der Waals surface area contributed by atoms with Crippen LogP contribution >= 0.6 is 0 Å². The van der Waals surface area contributed by atoms with E-state index < -0.39 is 17.8 Å². The lowest BCUT2D eigenvalue weighted by Crippen LogP contribution is -2.24. The number of amides is 1. The molecule has 2 rings (SSSR count). The van der Waals surface area contributed by atoms with Gasteiger partial charge in [0.15, 0.2) is 0 Å². The van der Waals surface area contributed by atoms with E-state index >= 15 is 0 Å². The van der Waals surface area contributed by atoms with Crippen LogP contribution in [-0.4, -0.2) is 12.6 Å². The molecule has 0 bridgehead atoms. The molecule has 132 valence electrons. The first kappa shape index (κ1) is 18.6. The molecule has 0 radical (unpaired) electrons. The van der Waals surface area contributed by atoms with Gasteiger partial charge in [0.2, 0.25) is 0 Å². The Labute approximate surface area is 144 Å². The van der Waals surface area contributed by atoms with E-state index in [1.165, 1.54) is 6.07 Å². The minimum atomic E-state index is -4.35. The van der Waals surface area contributed by atoms with E-state index in [2.05, 4.69) is 5.32 Å². The molecule has 0 atom stereocenters. The van der Waals surface area contributed by atoms with E-state index in [0.717, 1.165) is 17.7 Å². The van der Waals surface area contributed by atoms with E-state index in [-0.39, 0.29) is 13.2 Å². The summed E-state index contributed by atoms with van der Waals surface area (Å²) in [5.74, 6) is 0. The average molecular weight is 349 g/mol. The van der Waals surface area contributed by atoms with Crippen LogP contribution in [0.4, 0.5) is 18.0 Å². The fourth-order valence-corrected chi connectivity index (χ4v) is 2.14. The first-order chi connectivity index (χ1) is 11.9. The van der Waals surface area contributed by atoms with Crippen molar-refractivity contribution in [2.75, 3.05) is 6.54 Å². The Morgan fingerprint density at radius 1 is 1.16 bits per heavy atom. The normalized spacial score (nSPS) is 11.5. The first-order valence-corrected chi connectivity index (χ1v) is 7.65. The molecule has 0 aromatic heterocycles. The van der Waals surface area contributed by atoms with Crippen LogP contribution in [0, 0.1) is 6.92 Å². The number of alkyl carbamates (subject to hydrolysis) is 1. The molecule has 0 spiro atoms. The molecular weight excluding hydrogens is 331 g/mol. The van der Waals surface area contributed by atoms with Crippen molar-refractivity contribution in [1.29, 1.82) is 0 Å². The highest BCUT2D eigenvalue weighted by molar-refractivity contribution is 5.67. The molecule has 0 saturated heterocycles. The van der Waals surface area contributed by atoms with E-state index in [9.17, 15) is 18.0 Å². The van der Waals surface area contributed by atoms with E-state index in [4.69, 9.17) is 4.74 Å². The van der Waals surface area contributed by atoms with Crippen molar-refractivity contribution in [3.05, 3.63) is 76.9 Å². The molecular formula is C19H18F3NO2. The molecule has 3 nitrogen and oxygen atoms in total. The second-order valence-corrected chi connectivity index (χ2v) is 5.41. The van der Waals surface area contributed by atoms with Crippen molar-refractivity contribution in [3.8, 4) is 0 Å². The van der Waals surface area contributed by atoms with Crippen LogP contribution < -0.4 is 5.32 Å². The Balaban J connectivity index is 1.80. The van der Waals surface area contributed by atoms with Gasteiger partial charge in [0.05, 0.1) is 5.56 Å². The molecule has 25 heavy (non-hydrogen) atoms. The number of ether oxygens (including phenoxy) is 1. The third-order valence-corrected chi connectivity index (χ3v) is 3.47. The first-order valence-electron chi connectivity index (χ1n) is 7.65. The van der Waals surface area contributed by atoms with Gasteiger partial charge in [-0.2, -0.15) is 13.2 Å². The molecule has 2 aromatic rings. The van der Waals surface area contributed by atoms with Crippen molar-refractivity contribution >= 4 is 12.2 Å². The summed E-state index contributed by atoms with van der Waals surface area (Å²) in [5, 5.41) is 2.55. The maximum absolute atomic E-state index is 12.6. The summed E-state index contributed by atoms with van der Waals surface area (Å²) in [5.41, 5.74) is 1.38. The Morgan fingerprint density at radius 3 is 2.52 bits per heavy atom. The number of nitrogens with one attached hydrogen (secondary N) is 1. The third-order valence-electron chi connectivity index (χ3n) is 3.47. The molecule has 2 aromatic carbocycles. The van der Waals surface area contributed by atoms with Gasteiger partial charge >= 0.3 is 12.3 Å². The van der Waals surface area contributed by atoms with Gasteiger partial charge in [0.25, 0.3) is 0 Å². The van der Waals surface area contributed by atoms with Gasteiger partial charge in [0, 0.05) is 6.54 Å². The second kappa shape index (κ2) is 8.37. The van der Waals surface area contributed by atoms with E-state index in [0.29, 0.717) is 11.1 Å². The SMILES string of the molecule is Cc1cc(C(F)(F)F)ccc1C=CCNC(=O)OCc1ccccc1. The third kappa shape index (κ3) is 5.99. The molecule has 0 aliphatic carbocycles. The summed E-state index contributed by atoms with van der Waals surface area (Å²) < 4.78 is 42.9. The van der Waals surface area contributed by atoms with Gasteiger partial charge in [-0.15, -0.1) is 0 Å². The van der Waals surface area contributed by atoms with Crippen molar-refractivity contribution in [2.24, 2.45) is 0 Å². The zero-order valence-corrected chi connectivity index (χ0v) is 13.6. The Hall–Kier alpha value is -2.76. The van der Waals surface area contributed by atoms with Gasteiger partial charge in [-0.1, -0.05) is 48.6 Å². The number of benzene rings is 2. The van der Waals surface area contributed by atoms with Crippen molar-refractivity contribution in [3.63, 3.8) is 0 Å². The number of rotatable bonds is 5. The average Bonchev–Trinajstić information content (AvgIpc) is 2.58. The van der Waals surface area contributed by atoms with Gasteiger partial charge in [-0.3, -0.25) is 0 Å². The molecule has 0 unspecified atom stereocenters. The second-order valence-electron chi connectivity index (χ2n) is 5.41. The fourth-order valence-electron chi connectivity index (χ4n) is 2.14. The maximum Gasteiger partial charge on any atom is 0.416 e. The summed E-state index contributed by atoms with van der Waals surface area (Å²) in [7, 11) is 0. The van der Waals surface area contributed by atoms with Crippen LogP contribution in [0.5, 0.6) is 0 Å². The summed E-state index contributed by atoms with van der Waals surface area (Å²) in [6, 6.07) is 12.8. The summed E-state index contributed by atoms with van der Waals surface area (Å²) >= 11 is 0. The molecule has 0 aliphatic rings. The van der Waals surface area contributed by atoms with Crippen LogP contribution in [0.3, 0.4) is 0 Å². The highest BCUT2D eigenvalue weighted by Gasteiger charge is 2.30. The smallest absolute Gasteiger partial charge is 0.416 e. The topological polar surface area (TPSA) is 38.3 Å². The minimum Gasteiger partial charge on any atom is -0.445 e. The molecule has 0 heterocycles. The predicted molar refractivity (Wildman–Crippen MR) is 89.8 cm³/mol. The van der Waals surface area contributed by atoms with Gasteiger partial charge in [-0.25, -0.2) is 4.79 Å². The number of aryl methyl sites for hydroxylation is 1. The highest BCUT2D eigenvalue weighted by atomic mass is 19.4. The molecule has 6 heteroatoms. The Kier molecular flexibility index (Phi) is 6.22. The lowest BCUT2D eigenvalue weighted by atomic mass is 10.0. The largest absolute Gasteiger partial charge is 0.445 e. The van der Waals surface area contributed by atoms with Gasteiger partial charge < -0.3 is 10.1 Å². The van der Waals surface area contributed by atoms with Gasteiger partial charge in [-0.05, 0) is 35.7 Å². The van der Waals surface area contributed by atoms with Crippen molar-refractivity contribution in [2.45, 2.75) is 19.7 Å². The predicted octanol–water partition coefficient (Wildman–Crippen LogP) is 4.95. The number of carbonyl (C=O) groups excluding carboxylic acids is 1. The molecule has 0 fully saturated rings. The number of hydrogen-bond acceptors (Lipinski definition) is 2.